The van der Waals surface area contributed by atoms with Crippen LogP contribution in [0, 0.1) is 5.92 Å². The highest BCUT2D eigenvalue weighted by Crippen LogP contribution is 2.41. The van der Waals surface area contributed by atoms with Crippen molar-refractivity contribution in [2.45, 2.75) is 44.6 Å². The highest BCUT2D eigenvalue weighted by molar-refractivity contribution is 7.85. The van der Waals surface area contributed by atoms with Crippen molar-refractivity contribution in [3.63, 3.8) is 0 Å². The number of piperidine rings is 1. The van der Waals surface area contributed by atoms with Gasteiger partial charge in [-0.2, -0.15) is 8.42 Å². The molecule has 2 aliphatic rings. The molecule has 1 atom stereocenters. The first kappa shape index (κ1) is 40.7. The minimum atomic E-state index is -3.67. The molecule has 6 rings (SSSR count). The number of aromatic nitrogens is 2. The molecule has 3 aromatic carbocycles. The molecule has 2 fully saturated rings. The minimum absolute atomic E-state index is 0.0522. The SMILES string of the molecule is CCOCCn1c(C(=O)C2CCN(CCC3(c4ccccc4)CCN(C(=O)c4cc(OC)c(OC)c(OC)c4)C3)CC2)nc2ccccc21.CS(=O)(=O)O. The predicted octanol–water partition coefficient (Wildman–Crippen LogP) is 5.37. The second kappa shape index (κ2) is 18.2. The van der Waals surface area contributed by atoms with Crippen LogP contribution in [0.2, 0.25) is 0 Å². The third-order valence-corrected chi connectivity index (χ3v) is 10.3. The maximum atomic E-state index is 13.9. The summed E-state index contributed by atoms with van der Waals surface area (Å²) >= 11 is 0. The molecule has 3 heterocycles. The second-order valence-corrected chi connectivity index (χ2v) is 15.2. The molecule has 292 valence electrons. The summed E-state index contributed by atoms with van der Waals surface area (Å²) < 4.78 is 50.0. The summed E-state index contributed by atoms with van der Waals surface area (Å²) in [6.45, 7) is 7.66. The summed E-state index contributed by atoms with van der Waals surface area (Å²) in [7, 11) is 1.00. The summed E-state index contributed by atoms with van der Waals surface area (Å²) in [6.07, 6.45) is 4.12. The van der Waals surface area contributed by atoms with Crippen molar-refractivity contribution >= 4 is 32.8 Å². The van der Waals surface area contributed by atoms with Crippen molar-refractivity contribution in [2.75, 3.05) is 73.5 Å². The molecular weight excluding hydrogens is 713 g/mol. The third kappa shape index (κ3) is 9.78. The number of benzene rings is 3. The number of hydrogen-bond acceptors (Lipinski definition) is 10. The number of carbonyl (C=O) groups is 2. The average Bonchev–Trinajstić information content (AvgIpc) is 3.79. The molecular formula is C40H52N4O9S. The number of nitrogens with zero attached hydrogens (tertiary/aromatic N) is 4. The summed E-state index contributed by atoms with van der Waals surface area (Å²) in [5, 5.41) is 0. The van der Waals surface area contributed by atoms with E-state index in [4.69, 9.17) is 28.5 Å². The average molecular weight is 765 g/mol. The van der Waals surface area contributed by atoms with E-state index in [1.165, 1.54) is 5.56 Å². The molecule has 0 saturated carbocycles. The zero-order chi connectivity index (χ0) is 38.9. The van der Waals surface area contributed by atoms with Gasteiger partial charge in [-0.25, -0.2) is 4.98 Å². The van der Waals surface area contributed by atoms with E-state index < -0.39 is 10.1 Å². The van der Waals surface area contributed by atoms with Crippen LogP contribution in [-0.2, 0) is 26.8 Å². The highest BCUT2D eigenvalue weighted by Gasteiger charge is 2.42. The Bertz CT molecular complexity index is 1960. The monoisotopic (exact) mass is 764 g/mol. The van der Waals surface area contributed by atoms with Gasteiger partial charge in [0.25, 0.3) is 16.0 Å². The molecule has 2 saturated heterocycles. The molecule has 0 bridgehead atoms. The van der Waals surface area contributed by atoms with Crippen molar-refractivity contribution in [1.29, 1.82) is 0 Å². The second-order valence-electron chi connectivity index (χ2n) is 13.8. The van der Waals surface area contributed by atoms with Crippen molar-refractivity contribution < 1.29 is 41.5 Å². The van der Waals surface area contributed by atoms with Crippen molar-refractivity contribution in [2.24, 2.45) is 5.92 Å². The first-order chi connectivity index (χ1) is 25.9. The fraction of sp³-hybridized carbons (Fsp3) is 0.475. The number of hydrogen-bond donors (Lipinski definition) is 1. The van der Waals surface area contributed by atoms with Crippen LogP contribution in [0.15, 0.2) is 66.7 Å². The molecule has 1 unspecified atom stereocenters. The number of ketones is 1. The summed E-state index contributed by atoms with van der Waals surface area (Å²) in [5.74, 6) is 1.96. The summed E-state index contributed by atoms with van der Waals surface area (Å²) in [4.78, 5) is 37.0. The number of Topliss-reactive ketones (excluding diaryl/α,β-unsaturated/α-hetero) is 1. The van der Waals surface area contributed by atoms with Crippen LogP contribution in [-0.4, -0.2) is 118 Å². The smallest absolute Gasteiger partial charge is 0.261 e. The van der Waals surface area contributed by atoms with Crippen LogP contribution in [0.3, 0.4) is 0 Å². The quantitative estimate of drug-likeness (QED) is 0.100. The fourth-order valence-electron chi connectivity index (χ4n) is 7.57. The van der Waals surface area contributed by atoms with Crippen LogP contribution in [0.1, 0.15) is 59.1 Å². The molecule has 14 heteroatoms. The number of fused-ring (bicyclic) bond motifs is 1. The Morgan fingerprint density at radius 1 is 0.907 bits per heavy atom. The number of rotatable bonds is 14. The standard InChI is InChI=1S/C39H48N4O6.CH4O3S/c1-5-49-24-23-43-32-14-10-9-13-31(32)40-37(43)35(44)28-15-19-41(20-16-28)21-17-39(30-11-7-6-8-12-30)18-22-42(27-39)38(45)29-25-33(46-2)36(48-4)34(26-29)47-3;1-5(2,3)4/h6-14,25-26,28H,5,15-24,27H2,1-4H3;1H3,(H,2,3,4). The highest BCUT2D eigenvalue weighted by atomic mass is 32.2. The summed E-state index contributed by atoms with van der Waals surface area (Å²) in [5.41, 5.74) is 3.42. The minimum Gasteiger partial charge on any atom is -0.493 e. The Morgan fingerprint density at radius 2 is 1.54 bits per heavy atom. The Morgan fingerprint density at radius 3 is 2.15 bits per heavy atom. The van der Waals surface area contributed by atoms with Gasteiger partial charge in [-0.15, -0.1) is 0 Å². The van der Waals surface area contributed by atoms with Gasteiger partial charge in [0.1, 0.15) is 0 Å². The molecule has 0 aliphatic carbocycles. The lowest BCUT2D eigenvalue weighted by atomic mass is 9.76. The molecule has 1 N–H and O–H groups in total. The molecule has 54 heavy (non-hydrogen) atoms. The molecule has 4 aromatic rings. The fourth-order valence-corrected chi connectivity index (χ4v) is 7.57. The van der Waals surface area contributed by atoms with E-state index in [9.17, 15) is 18.0 Å². The summed E-state index contributed by atoms with van der Waals surface area (Å²) in [6, 6.07) is 22.0. The molecule has 13 nitrogen and oxygen atoms in total. The van der Waals surface area contributed by atoms with Gasteiger partial charge >= 0.3 is 0 Å². The van der Waals surface area contributed by atoms with Crippen LogP contribution in [0.25, 0.3) is 11.0 Å². The largest absolute Gasteiger partial charge is 0.493 e. The zero-order valence-corrected chi connectivity index (χ0v) is 32.6. The van der Waals surface area contributed by atoms with Crippen LogP contribution in [0.5, 0.6) is 17.2 Å². The van der Waals surface area contributed by atoms with Gasteiger partial charge in [0.05, 0.1) is 45.2 Å². The number of ether oxygens (including phenoxy) is 4. The van der Waals surface area contributed by atoms with Crippen LogP contribution < -0.4 is 14.2 Å². The number of carbonyl (C=O) groups excluding carboxylic acids is 2. The van der Waals surface area contributed by atoms with Gasteiger partial charge in [-0.05, 0) is 82.1 Å². The Balaban J connectivity index is 0.00000105. The van der Waals surface area contributed by atoms with Crippen LogP contribution >= 0.6 is 0 Å². The van der Waals surface area contributed by atoms with Crippen LogP contribution in [0.4, 0.5) is 0 Å². The third-order valence-electron chi connectivity index (χ3n) is 10.3. The zero-order valence-electron chi connectivity index (χ0n) is 31.8. The number of likely N-dealkylation sites (tertiary alicyclic amines) is 2. The van der Waals surface area contributed by atoms with Gasteiger partial charge in [-0.3, -0.25) is 14.1 Å². The predicted molar refractivity (Wildman–Crippen MR) is 207 cm³/mol. The maximum absolute atomic E-state index is 13.9. The Kier molecular flexibility index (Phi) is 13.7. The van der Waals surface area contributed by atoms with E-state index in [-0.39, 0.29) is 23.0 Å². The number of imidazole rings is 1. The molecule has 2 aliphatic heterocycles. The van der Waals surface area contributed by atoms with E-state index in [0.29, 0.717) is 67.7 Å². The van der Waals surface area contributed by atoms with Crippen molar-refractivity contribution in [3.8, 4) is 17.2 Å². The maximum Gasteiger partial charge on any atom is 0.261 e. The Hall–Kier alpha value is -4.50. The van der Waals surface area contributed by atoms with E-state index in [2.05, 4.69) is 29.2 Å². The Labute approximate surface area is 317 Å². The van der Waals surface area contributed by atoms with E-state index in [1.807, 2.05) is 46.7 Å². The number of para-hydroxylation sites is 2. The van der Waals surface area contributed by atoms with E-state index in [1.54, 1.807) is 33.5 Å². The van der Waals surface area contributed by atoms with Gasteiger partial charge in [0.15, 0.2) is 17.3 Å². The lowest BCUT2D eigenvalue weighted by Gasteiger charge is -2.36. The topological polar surface area (TPSA) is 150 Å². The number of amides is 1. The van der Waals surface area contributed by atoms with Crippen molar-refractivity contribution in [3.05, 3.63) is 83.7 Å². The first-order valence-corrected chi connectivity index (χ1v) is 20.1. The molecule has 0 radical (unpaired) electrons. The van der Waals surface area contributed by atoms with E-state index in [0.717, 1.165) is 56.4 Å². The molecule has 1 aromatic heterocycles. The van der Waals surface area contributed by atoms with Gasteiger partial charge in [0.2, 0.25) is 11.5 Å². The van der Waals surface area contributed by atoms with Gasteiger partial charge in [0, 0.05) is 43.1 Å². The normalized spacial score (nSPS) is 17.9. The lowest BCUT2D eigenvalue weighted by molar-refractivity contribution is 0.0777. The molecule has 1 amide bonds. The van der Waals surface area contributed by atoms with Crippen molar-refractivity contribution in [1.82, 2.24) is 19.4 Å². The first-order valence-electron chi connectivity index (χ1n) is 18.3. The lowest BCUT2D eigenvalue weighted by Crippen LogP contribution is -2.41. The van der Waals surface area contributed by atoms with Gasteiger partial charge in [-0.1, -0.05) is 42.5 Å². The molecule has 0 spiro atoms. The number of methoxy groups -OCH3 is 3. The van der Waals surface area contributed by atoms with Gasteiger partial charge < -0.3 is 33.3 Å². The van der Waals surface area contributed by atoms with E-state index >= 15 is 0 Å².